The van der Waals surface area contributed by atoms with Gasteiger partial charge in [0, 0.05) is 31.1 Å². The summed E-state index contributed by atoms with van der Waals surface area (Å²) < 4.78 is 10.5. The number of aromatic nitrogens is 2. The van der Waals surface area contributed by atoms with Crippen LogP contribution in [0.1, 0.15) is 11.4 Å². The van der Waals surface area contributed by atoms with E-state index in [0.717, 1.165) is 11.4 Å². The van der Waals surface area contributed by atoms with Gasteiger partial charge in [-0.3, -0.25) is 4.79 Å². The van der Waals surface area contributed by atoms with Crippen LogP contribution in [0.15, 0.2) is 30.6 Å². The maximum atomic E-state index is 12.3. The van der Waals surface area contributed by atoms with E-state index in [1.165, 1.54) is 0 Å². The number of benzene rings is 1. The molecule has 0 aliphatic carbocycles. The molecule has 1 heterocycles. The topological polar surface area (TPSA) is 67.5 Å². The number of amides is 1. The SMILES string of the molecule is COc1ccc(CC(=O)N(C)Cc2ncc[nH]2)c(OC)c1. The Morgan fingerprint density at radius 2 is 2.14 bits per heavy atom. The largest absolute Gasteiger partial charge is 0.497 e. The van der Waals surface area contributed by atoms with Crippen molar-refractivity contribution in [3.8, 4) is 11.5 Å². The number of aromatic amines is 1. The molecule has 0 saturated carbocycles. The Kier molecular flexibility index (Phi) is 4.81. The number of nitrogens with one attached hydrogen (secondary N) is 1. The molecule has 21 heavy (non-hydrogen) atoms. The second-order valence-electron chi connectivity index (χ2n) is 4.64. The van der Waals surface area contributed by atoms with Crippen LogP contribution < -0.4 is 9.47 Å². The van der Waals surface area contributed by atoms with Crippen LogP contribution >= 0.6 is 0 Å². The Hall–Kier alpha value is -2.50. The highest BCUT2D eigenvalue weighted by Crippen LogP contribution is 2.25. The molecule has 0 aliphatic heterocycles. The van der Waals surface area contributed by atoms with E-state index in [1.807, 2.05) is 12.1 Å². The number of ether oxygens (including phenoxy) is 2. The molecule has 1 amide bonds. The van der Waals surface area contributed by atoms with E-state index in [9.17, 15) is 4.79 Å². The Morgan fingerprint density at radius 1 is 1.33 bits per heavy atom. The van der Waals surface area contributed by atoms with Crippen molar-refractivity contribution in [1.82, 2.24) is 14.9 Å². The zero-order valence-electron chi connectivity index (χ0n) is 12.4. The summed E-state index contributed by atoms with van der Waals surface area (Å²) >= 11 is 0. The van der Waals surface area contributed by atoms with E-state index in [1.54, 1.807) is 44.6 Å². The molecule has 2 rings (SSSR count). The molecule has 0 saturated heterocycles. The fraction of sp³-hybridized carbons (Fsp3) is 0.333. The molecule has 6 heteroatoms. The van der Waals surface area contributed by atoms with Gasteiger partial charge in [-0.15, -0.1) is 0 Å². The number of nitrogens with zero attached hydrogens (tertiary/aromatic N) is 2. The molecule has 112 valence electrons. The molecule has 0 bridgehead atoms. The average molecular weight is 289 g/mol. The molecule has 0 fully saturated rings. The van der Waals surface area contributed by atoms with Gasteiger partial charge in [0.25, 0.3) is 0 Å². The monoisotopic (exact) mass is 289 g/mol. The standard InChI is InChI=1S/C15H19N3O3/c1-18(10-14-16-6-7-17-14)15(19)8-11-4-5-12(20-2)9-13(11)21-3/h4-7,9H,8,10H2,1-3H3,(H,16,17). The van der Waals surface area contributed by atoms with Gasteiger partial charge in [-0.25, -0.2) is 4.98 Å². The maximum absolute atomic E-state index is 12.3. The molecule has 6 nitrogen and oxygen atoms in total. The van der Waals surface area contributed by atoms with Crippen molar-refractivity contribution < 1.29 is 14.3 Å². The molecular weight excluding hydrogens is 270 g/mol. The summed E-state index contributed by atoms with van der Waals surface area (Å²) in [5.74, 6) is 2.10. The lowest BCUT2D eigenvalue weighted by molar-refractivity contribution is -0.129. The van der Waals surface area contributed by atoms with Crippen molar-refractivity contribution >= 4 is 5.91 Å². The Bertz CT molecular complexity index is 596. The van der Waals surface area contributed by atoms with Gasteiger partial charge in [-0.05, 0) is 6.07 Å². The molecule has 0 aliphatic rings. The van der Waals surface area contributed by atoms with Gasteiger partial charge in [0.1, 0.15) is 17.3 Å². The lowest BCUT2D eigenvalue weighted by atomic mass is 10.1. The quantitative estimate of drug-likeness (QED) is 0.877. The zero-order valence-corrected chi connectivity index (χ0v) is 12.4. The van der Waals surface area contributed by atoms with Gasteiger partial charge in [-0.2, -0.15) is 0 Å². The smallest absolute Gasteiger partial charge is 0.227 e. The number of carbonyl (C=O) groups is 1. The molecule has 2 aromatic rings. The average Bonchev–Trinajstić information content (AvgIpc) is 3.00. The number of carbonyl (C=O) groups excluding carboxylic acids is 1. The number of hydrogen-bond donors (Lipinski definition) is 1. The first kappa shape index (κ1) is 14.9. The number of likely N-dealkylation sites (N-methyl/N-ethyl adjacent to an activating group) is 1. The summed E-state index contributed by atoms with van der Waals surface area (Å²) in [6, 6.07) is 5.43. The summed E-state index contributed by atoms with van der Waals surface area (Å²) in [6.07, 6.45) is 3.67. The molecular formula is C15H19N3O3. The second kappa shape index (κ2) is 6.78. The van der Waals surface area contributed by atoms with E-state index in [4.69, 9.17) is 9.47 Å². The fourth-order valence-corrected chi connectivity index (χ4v) is 1.99. The Labute approximate surface area is 123 Å². The first-order valence-electron chi connectivity index (χ1n) is 6.57. The van der Waals surface area contributed by atoms with Crippen LogP contribution in [0, 0.1) is 0 Å². The maximum Gasteiger partial charge on any atom is 0.227 e. The van der Waals surface area contributed by atoms with E-state index >= 15 is 0 Å². The number of hydrogen-bond acceptors (Lipinski definition) is 4. The lowest BCUT2D eigenvalue weighted by Crippen LogP contribution is -2.28. The van der Waals surface area contributed by atoms with Crippen molar-refractivity contribution in [3.05, 3.63) is 42.0 Å². The minimum atomic E-state index is -0.00475. The first-order valence-corrected chi connectivity index (χ1v) is 6.57. The van der Waals surface area contributed by atoms with Gasteiger partial charge in [0.05, 0.1) is 27.2 Å². The molecule has 1 aromatic carbocycles. The number of rotatable bonds is 6. The van der Waals surface area contributed by atoms with Gasteiger partial charge in [0.15, 0.2) is 0 Å². The fourth-order valence-electron chi connectivity index (χ4n) is 1.99. The van der Waals surface area contributed by atoms with E-state index in [0.29, 0.717) is 18.0 Å². The van der Waals surface area contributed by atoms with Gasteiger partial charge in [0.2, 0.25) is 5.91 Å². The molecule has 1 aromatic heterocycles. The van der Waals surface area contributed by atoms with Crippen LogP contribution in [0.3, 0.4) is 0 Å². The number of methoxy groups -OCH3 is 2. The van der Waals surface area contributed by atoms with Gasteiger partial charge in [-0.1, -0.05) is 6.07 Å². The predicted octanol–water partition coefficient (Wildman–Crippen LogP) is 1.63. The summed E-state index contributed by atoms with van der Waals surface area (Å²) in [5, 5.41) is 0. The van der Waals surface area contributed by atoms with Crippen molar-refractivity contribution in [1.29, 1.82) is 0 Å². The van der Waals surface area contributed by atoms with Crippen LogP contribution in [0.25, 0.3) is 0 Å². The highest BCUT2D eigenvalue weighted by atomic mass is 16.5. The van der Waals surface area contributed by atoms with Gasteiger partial charge >= 0.3 is 0 Å². The van der Waals surface area contributed by atoms with Crippen molar-refractivity contribution in [2.45, 2.75) is 13.0 Å². The number of imidazole rings is 1. The molecule has 0 atom stereocenters. The summed E-state index contributed by atoms with van der Waals surface area (Å²) in [7, 11) is 4.92. The van der Waals surface area contributed by atoms with Crippen LogP contribution in [0.5, 0.6) is 11.5 Å². The predicted molar refractivity (Wildman–Crippen MR) is 78.3 cm³/mol. The lowest BCUT2D eigenvalue weighted by Gasteiger charge is -2.17. The number of H-pyrrole nitrogens is 1. The second-order valence-corrected chi connectivity index (χ2v) is 4.64. The summed E-state index contributed by atoms with van der Waals surface area (Å²) in [4.78, 5) is 21.0. The van der Waals surface area contributed by atoms with Crippen LogP contribution in [-0.4, -0.2) is 42.0 Å². The van der Waals surface area contributed by atoms with Crippen molar-refractivity contribution in [2.24, 2.45) is 0 Å². The Morgan fingerprint density at radius 3 is 2.76 bits per heavy atom. The minimum absolute atomic E-state index is 0.00475. The van der Waals surface area contributed by atoms with E-state index < -0.39 is 0 Å². The highest BCUT2D eigenvalue weighted by Gasteiger charge is 2.14. The zero-order chi connectivity index (χ0) is 15.2. The van der Waals surface area contributed by atoms with Crippen LogP contribution in [-0.2, 0) is 17.8 Å². The normalized spacial score (nSPS) is 10.2. The third-order valence-corrected chi connectivity index (χ3v) is 3.20. The van der Waals surface area contributed by atoms with Crippen molar-refractivity contribution in [2.75, 3.05) is 21.3 Å². The first-order chi connectivity index (χ1) is 10.1. The van der Waals surface area contributed by atoms with Crippen LogP contribution in [0.4, 0.5) is 0 Å². The molecule has 1 N–H and O–H groups in total. The van der Waals surface area contributed by atoms with Gasteiger partial charge < -0.3 is 19.4 Å². The van der Waals surface area contributed by atoms with Crippen LogP contribution in [0.2, 0.25) is 0 Å². The minimum Gasteiger partial charge on any atom is -0.497 e. The Balaban J connectivity index is 2.04. The summed E-state index contributed by atoms with van der Waals surface area (Å²) in [6.45, 7) is 0.449. The van der Waals surface area contributed by atoms with E-state index in [-0.39, 0.29) is 12.3 Å². The molecule has 0 radical (unpaired) electrons. The molecule has 0 unspecified atom stereocenters. The summed E-state index contributed by atoms with van der Waals surface area (Å²) in [5.41, 5.74) is 0.828. The van der Waals surface area contributed by atoms with E-state index in [2.05, 4.69) is 9.97 Å². The third-order valence-electron chi connectivity index (χ3n) is 3.20. The third kappa shape index (κ3) is 3.75. The molecule has 0 spiro atoms. The highest BCUT2D eigenvalue weighted by molar-refractivity contribution is 5.79. The van der Waals surface area contributed by atoms with Crippen molar-refractivity contribution in [3.63, 3.8) is 0 Å².